The average Bonchev–Trinajstić information content (AvgIpc) is 3.42. The molecule has 0 radical (unpaired) electrons. The van der Waals surface area contributed by atoms with Crippen molar-refractivity contribution in [2.24, 2.45) is 4.99 Å². The number of nitrogens with zero attached hydrogens (tertiary/aromatic N) is 1. The van der Waals surface area contributed by atoms with Crippen LogP contribution in [-0.4, -0.2) is 30.2 Å². The molecule has 0 bridgehead atoms. The summed E-state index contributed by atoms with van der Waals surface area (Å²) >= 11 is 0. The monoisotopic (exact) mass is 403 g/mol. The number of aromatic nitrogens is 2. The Hall–Kier alpha value is -3.54. The molecule has 2 N–H and O–H groups in total. The lowest BCUT2D eigenvalue weighted by Crippen LogP contribution is -2.19. The van der Waals surface area contributed by atoms with Crippen LogP contribution >= 0.6 is 0 Å². The second-order valence-corrected chi connectivity index (χ2v) is 7.35. The van der Waals surface area contributed by atoms with E-state index < -0.39 is 0 Å². The molecule has 6 heteroatoms. The van der Waals surface area contributed by atoms with Gasteiger partial charge in [-0.2, -0.15) is 0 Å². The number of aromatic amines is 2. The molecular weight excluding hydrogens is 378 g/mol. The molecule has 0 amide bonds. The van der Waals surface area contributed by atoms with Crippen LogP contribution in [0.25, 0.3) is 17.8 Å². The summed E-state index contributed by atoms with van der Waals surface area (Å²) in [6, 6.07) is 10.0. The maximum Gasteiger partial charge on any atom is 0.305 e. The van der Waals surface area contributed by atoms with Crippen molar-refractivity contribution in [3.05, 3.63) is 74.1 Å². The van der Waals surface area contributed by atoms with Crippen LogP contribution in [0.15, 0.2) is 35.3 Å². The highest BCUT2D eigenvalue weighted by Crippen LogP contribution is 2.20. The highest BCUT2D eigenvalue weighted by molar-refractivity contribution is 5.77. The molecule has 0 saturated heterocycles. The summed E-state index contributed by atoms with van der Waals surface area (Å²) in [7, 11) is 3.08. The molecule has 0 saturated carbocycles. The van der Waals surface area contributed by atoms with Crippen LogP contribution in [0.1, 0.15) is 28.9 Å². The third-order valence-corrected chi connectivity index (χ3v) is 5.50. The van der Waals surface area contributed by atoms with Crippen molar-refractivity contribution in [2.45, 2.75) is 26.7 Å². The molecule has 4 rings (SSSR count). The summed E-state index contributed by atoms with van der Waals surface area (Å²) in [5, 5.41) is 3.85. The van der Waals surface area contributed by atoms with Crippen molar-refractivity contribution >= 4 is 23.8 Å². The first-order chi connectivity index (χ1) is 14.5. The van der Waals surface area contributed by atoms with Crippen molar-refractivity contribution in [1.29, 1.82) is 0 Å². The largest absolute Gasteiger partial charge is 0.494 e. The molecule has 1 aliphatic rings. The first kappa shape index (κ1) is 19.8. The number of hydrogen-bond donors (Lipinski definition) is 2. The van der Waals surface area contributed by atoms with Crippen molar-refractivity contribution in [2.75, 3.05) is 14.2 Å². The van der Waals surface area contributed by atoms with E-state index in [-0.39, 0.29) is 5.97 Å². The fourth-order valence-electron chi connectivity index (χ4n) is 3.83. The van der Waals surface area contributed by atoms with E-state index in [9.17, 15) is 4.79 Å². The zero-order valence-electron chi connectivity index (χ0n) is 17.6. The van der Waals surface area contributed by atoms with Gasteiger partial charge in [0, 0.05) is 29.1 Å². The van der Waals surface area contributed by atoms with Crippen LogP contribution in [-0.2, 0) is 16.0 Å². The van der Waals surface area contributed by atoms with Gasteiger partial charge >= 0.3 is 5.97 Å². The van der Waals surface area contributed by atoms with E-state index in [1.54, 1.807) is 7.11 Å². The Kier molecular flexibility index (Phi) is 5.31. The Morgan fingerprint density at radius 2 is 1.97 bits per heavy atom. The van der Waals surface area contributed by atoms with E-state index in [1.807, 2.05) is 37.3 Å². The Morgan fingerprint density at radius 1 is 1.17 bits per heavy atom. The van der Waals surface area contributed by atoms with Crippen LogP contribution in [0.2, 0.25) is 0 Å². The fraction of sp³-hybridized carbons (Fsp3) is 0.250. The minimum absolute atomic E-state index is 0.203. The summed E-state index contributed by atoms with van der Waals surface area (Å²) in [6.45, 7) is 4.08. The van der Waals surface area contributed by atoms with Gasteiger partial charge in [-0.25, -0.2) is 4.99 Å². The van der Waals surface area contributed by atoms with Crippen molar-refractivity contribution in [3.63, 3.8) is 0 Å². The van der Waals surface area contributed by atoms with Crippen LogP contribution in [0, 0.1) is 13.8 Å². The number of carbonyl (C=O) groups excluding carboxylic acids is 1. The van der Waals surface area contributed by atoms with Crippen molar-refractivity contribution in [1.82, 2.24) is 9.97 Å². The molecular formula is C24H25N3O3. The van der Waals surface area contributed by atoms with Gasteiger partial charge in [-0.3, -0.25) is 4.79 Å². The number of aryl methyl sites for hydroxylation is 1. The average molecular weight is 403 g/mol. The molecule has 154 valence electrons. The standard InChI is InChI=1S/C24H25N3O3/c1-14-17(9-10-24(28)30-4)15(2)25-19(14)12-22-23(29-3)13-21(27-22)20-11-16-7-5-6-8-18(16)26-20/h5-8,11-13,25,27H,9-10H2,1-4H3/b21-20-,22-12?. The van der Waals surface area contributed by atoms with E-state index >= 15 is 0 Å². The number of fused-ring (bicyclic) bond motifs is 1. The number of methoxy groups -OCH3 is 2. The van der Waals surface area contributed by atoms with Gasteiger partial charge in [0.05, 0.1) is 36.0 Å². The number of nitrogens with one attached hydrogen (secondary N) is 2. The lowest BCUT2D eigenvalue weighted by molar-refractivity contribution is -0.140. The summed E-state index contributed by atoms with van der Waals surface area (Å²) in [5.41, 5.74) is 5.18. The van der Waals surface area contributed by atoms with Gasteiger partial charge in [0.25, 0.3) is 0 Å². The Balaban J connectivity index is 1.77. The van der Waals surface area contributed by atoms with Gasteiger partial charge in [-0.05, 0) is 49.6 Å². The number of hydrogen-bond acceptors (Lipinski definition) is 4. The van der Waals surface area contributed by atoms with Crippen molar-refractivity contribution < 1.29 is 14.3 Å². The highest BCUT2D eigenvalue weighted by atomic mass is 16.5. The minimum atomic E-state index is -0.203. The first-order valence-corrected chi connectivity index (χ1v) is 9.89. The molecule has 2 aromatic heterocycles. The third-order valence-electron chi connectivity index (χ3n) is 5.50. The number of benzene rings is 1. The zero-order valence-corrected chi connectivity index (χ0v) is 17.6. The van der Waals surface area contributed by atoms with Crippen molar-refractivity contribution in [3.8, 4) is 5.75 Å². The number of H-pyrrole nitrogens is 2. The van der Waals surface area contributed by atoms with E-state index in [1.165, 1.54) is 7.11 Å². The molecule has 0 fully saturated rings. The maximum absolute atomic E-state index is 11.5. The predicted octanol–water partition coefficient (Wildman–Crippen LogP) is 1.12. The topological polar surface area (TPSA) is 79.5 Å². The third kappa shape index (κ3) is 3.68. The first-order valence-electron chi connectivity index (χ1n) is 9.89. The molecule has 3 heterocycles. The van der Waals surface area contributed by atoms with Gasteiger partial charge < -0.3 is 19.4 Å². The molecule has 0 spiro atoms. The van der Waals surface area contributed by atoms with Crippen LogP contribution in [0.5, 0.6) is 5.75 Å². The summed E-state index contributed by atoms with van der Waals surface area (Å²) in [5.74, 6) is 0.547. The number of rotatable bonds is 5. The SMILES string of the molecule is COC(=O)CCc1c(C)[nH]c(C=c2[nH]/c(=C3/C=c4ccccc4=N3)cc2OC)c1C. The fourth-order valence-corrected chi connectivity index (χ4v) is 3.83. The van der Waals surface area contributed by atoms with Crippen LogP contribution in [0.4, 0.5) is 0 Å². The van der Waals surface area contributed by atoms with E-state index in [2.05, 4.69) is 29.0 Å². The Bertz CT molecular complexity index is 1320. The number of para-hydroxylation sites is 1. The van der Waals surface area contributed by atoms with Crippen LogP contribution < -0.4 is 26.0 Å². The summed E-state index contributed by atoms with van der Waals surface area (Å²) < 4.78 is 10.4. The molecule has 6 nitrogen and oxygen atoms in total. The Labute approximate surface area is 174 Å². The van der Waals surface area contributed by atoms with E-state index in [0.717, 1.165) is 55.2 Å². The molecule has 1 aliphatic heterocycles. The highest BCUT2D eigenvalue weighted by Gasteiger charge is 2.13. The summed E-state index contributed by atoms with van der Waals surface area (Å²) in [6.07, 6.45) is 5.11. The molecule has 3 aromatic rings. The second kappa shape index (κ2) is 8.06. The van der Waals surface area contributed by atoms with Gasteiger partial charge in [0.1, 0.15) is 5.75 Å². The molecule has 0 atom stereocenters. The van der Waals surface area contributed by atoms with E-state index in [4.69, 9.17) is 14.5 Å². The number of carbonyl (C=O) groups is 1. The van der Waals surface area contributed by atoms with Gasteiger partial charge in [-0.1, -0.05) is 18.2 Å². The van der Waals surface area contributed by atoms with Gasteiger partial charge in [0.15, 0.2) is 0 Å². The molecule has 1 aromatic carbocycles. The number of ether oxygens (including phenoxy) is 2. The minimum Gasteiger partial charge on any atom is -0.494 e. The normalized spacial score (nSPS) is 14.9. The lowest BCUT2D eigenvalue weighted by atomic mass is 10.0. The maximum atomic E-state index is 11.5. The van der Waals surface area contributed by atoms with Gasteiger partial charge in [-0.15, -0.1) is 0 Å². The molecule has 30 heavy (non-hydrogen) atoms. The van der Waals surface area contributed by atoms with E-state index in [0.29, 0.717) is 12.8 Å². The smallest absolute Gasteiger partial charge is 0.305 e. The quantitative estimate of drug-likeness (QED) is 0.627. The lowest BCUT2D eigenvalue weighted by Gasteiger charge is -2.01. The van der Waals surface area contributed by atoms with Crippen LogP contribution in [0.3, 0.4) is 0 Å². The second-order valence-electron chi connectivity index (χ2n) is 7.35. The predicted molar refractivity (Wildman–Crippen MR) is 116 cm³/mol. The summed E-state index contributed by atoms with van der Waals surface area (Å²) in [4.78, 5) is 23.1. The Morgan fingerprint density at radius 3 is 2.70 bits per heavy atom. The van der Waals surface area contributed by atoms with Gasteiger partial charge in [0.2, 0.25) is 0 Å². The zero-order chi connectivity index (χ0) is 21.3. The molecule has 0 aliphatic carbocycles. The molecule has 0 unspecified atom stereocenters. The number of esters is 1.